The maximum Gasteiger partial charge on any atom is 0.193 e. The van der Waals surface area contributed by atoms with Crippen LogP contribution in [0.2, 0.25) is 0 Å². The minimum absolute atomic E-state index is 0. The van der Waals surface area contributed by atoms with Crippen LogP contribution >= 0.6 is 24.0 Å². The van der Waals surface area contributed by atoms with E-state index in [0.717, 1.165) is 57.2 Å². The number of pyridine rings is 1. The first-order valence-electron chi connectivity index (χ1n) is 9.49. The summed E-state index contributed by atoms with van der Waals surface area (Å²) in [5.74, 6) is 1.97. The predicted octanol–water partition coefficient (Wildman–Crippen LogP) is 3.75. The van der Waals surface area contributed by atoms with Crippen molar-refractivity contribution in [1.82, 2.24) is 15.2 Å². The lowest BCUT2D eigenvalue weighted by atomic mass is 10.1. The highest BCUT2D eigenvalue weighted by atomic mass is 127. The van der Waals surface area contributed by atoms with Crippen LogP contribution in [0.25, 0.3) is 0 Å². The van der Waals surface area contributed by atoms with Crippen molar-refractivity contribution in [1.29, 1.82) is 0 Å². The second-order valence-electron chi connectivity index (χ2n) is 6.46. The number of likely N-dealkylation sites (tertiary alicyclic amines) is 1. The molecule has 0 aliphatic carbocycles. The fraction of sp³-hybridized carbons (Fsp3) is 0.429. The van der Waals surface area contributed by atoms with Crippen LogP contribution in [-0.2, 0) is 6.42 Å². The maximum absolute atomic E-state index is 6.09. The number of nitrogens with zero attached hydrogens (tertiary/aromatic N) is 3. The highest BCUT2D eigenvalue weighted by Crippen LogP contribution is 2.18. The Hall–Kier alpha value is -1.83. The van der Waals surface area contributed by atoms with E-state index in [-0.39, 0.29) is 30.1 Å². The van der Waals surface area contributed by atoms with Crippen LogP contribution in [0, 0.1) is 0 Å². The molecule has 0 unspecified atom stereocenters. The topological polar surface area (TPSA) is 49.8 Å². The molecule has 1 fully saturated rings. The van der Waals surface area contributed by atoms with Gasteiger partial charge in [-0.1, -0.05) is 24.3 Å². The molecule has 0 amide bonds. The van der Waals surface area contributed by atoms with Gasteiger partial charge in [-0.15, -0.1) is 24.0 Å². The van der Waals surface area contributed by atoms with Crippen molar-refractivity contribution in [2.45, 2.75) is 32.3 Å². The van der Waals surface area contributed by atoms with E-state index in [2.05, 4.69) is 28.2 Å². The summed E-state index contributed by atoms with van der Waals surface area (Å²) in [6.45, 7) is 5.70. The molecule has 1 aliphatic rings. The lowest BCUT2D eigenvalue weighted by Gasteiger charge is -2.34. The Morgan fingerprint density at radius 1 is 1.19 bits per heavy atom. The minimum atomic E-state index is 0. The number of aliphatic imine (C=N–C) groups is 1. The molecule has 146 valence electrons. The number of benzene rings is 1. The zero-order chi connectivity index (χ0) is 18.0. The average molecular weight is 480 g/mol. The third kappa shape index (κ3) is 7.01. The lowest BCUT2D eigenvalue weighted by molar-refractivity contribution is 0.129. The van der Waals surface area contributed by atoms with Gasteiger partial charge in [0.25, 0.3) is 0 Å². The molecule has 27 heavy (non-hydrogen) atoms. The smallest absolute Gasteiger partial charge is 0.193 e. The van der Waals surface area contributed by atoms with Crippen LogP contribution in [0.3, 0.4) is 0 Å². The van der Waals surface area contributed by atoms with Crippen molar-refractivity contribution < 1.29 is 4.74 Å². The van der Waals surface area contributed by atoms with Crippen LogP contribution < -0.4 is 10.1 Å². The Bertz CT molecular complexity index is 673. The summed E-state index contributed by atoms with van der Waals surface area (Å²) in [5.41, 5.74) is 1.22. The van der Waals surface area contributed by atoms with E-state index < -0.39 is 0 Å². The van der Waals surface area contributed by atoms with Crippen molar-refractivity contribution in [2.24, 2.45) is 4.99 Å². The van der Waals surface area contributed by atoms with Gasteiger partial charge in [-0.2, -0.15) is 0 Å². The maximum atomic E-state index is 6.09. The highest BCUT2D eigenvalue weighted by molar-refractivity contribution is 14.0. The standard InChI is InChI=1S/C21H28N4O.HI/c1-2-23-21(24-14-10-18-7-6-13-22-17-18)25-15-11-20(12-16-25)26-19-8-4-3-5-9-19;/h3-9,13,17,20H,2,10-12,14-16H2,1H3,(H,23,24);1H. The number of rotatable bonds is 6. The summed E-state index contributed by atoms with van der Waals surface area (Å²) >= 11 is 0. The normalized spacial score (nSPS) is 15.1. The van der Waals surface area contributed by atoms with Crippen LogP contribution in [0.15, 0.2) is 59.9 Å². The lowest BCUT2D eigenvalue weighted by Crippen LogP contribution is -2.47. The highest BCUT2D eigenvalue weighted by Gasteiger charge is 2.22. The Morgan fingerprint density at radius 2 is 1.96 bits per heavy atom. The predicted molar refractivity (Wildman–Crippen MR) is 121 cm³/mol. The monoisotopic (exact) mass is 480 g/mol. The fourth-order valence-electron chi connectivity index (χ4n) is 3.14. The van der Waals surface area contributed by atoms with Crippen LogP contribution in [-0.4, -0.2) is 48.1 Å². The zero-order valence-corrected chi connectivity index (χ0v) is 18.2. The van der Waals surface area contributed by atoms with Gasteiger partial charge in [-0.05, 0) is 37.1 Å². The summed E-state index contributed by atoms with van der Waals surface area (Å²) in [6, 6.07) is 14.2. The summed E-state index contributed by atoms with van der Waals surface area (Å²) in [4.78, 5) is 11.3. The van der Waals surface area contributed by atoms with Gasteiger partial charge in [-0.25, -0.2) is 0 Å². The second kappa shape index (κ2) is 11.8. The molecule has 2 heterocycles. The van der Waals surface area contributed by atoms with Gasteiger partial charge in [0.2, 0.25) is 0 Å². The first kappa shape index (κ1) is 21.5. The minimum Gasteiger partial charge on any atom is -0.490 e. The number of hydrogen-bond acceptors (Lipinski definition) is 3. The molecule has 0 saturated carbocycles. The van der Waals surface area contributed by atoms with Gasteiger partial charge in [0.05, 0.1) is 0 Å². The SMILES string of the molecule is CCNC(=NCCc1cccnc1)N1CCC(Oc2ccccc2)CC1.I. The number of para-hydroxylation sites is 1. The molecule has 5 nitrogen and oxygen atoms in total. The molecule has 3 rings (SSSR count). The van der Waals surface area contributed by atoms with Crippen molar-refractivity contribution in [3.63, 3.8) is 0 Å². The molecule has 1 aliphatic heterocycles. The molecular formula is C21H29IN4O. The molecule has 1 aromatic heterocycles. The third-order valence-electron chi connectivity index (χ3n) is 4.51. The molecule has 0 spiro atoms. The Balaban J connectivity index is 0.00000261. The number of halogens is 1. The third-order valence-corrected chi connectivity index (χ3v) is 4.51. The largest absolute Gasteiger partial charge is 0.490 e. The molecule has 6 heteroatoms. The van der Waals surface area contributed by atoms with E-state index in [1.165, 1.54) is 5.56 Å². The quantitative estimate of drug-likeness (QED) is 0.389. The van der Waals surface area contributed by atoms with E-state index in [1.807, 2.05) is 42.6 Å². The first-order chi connectivity index (χ1) is 12.8. The number of piperidine rings is 1. The van der Waals surface area contributed by atoms with Gasteiger partial charge in [-0.3, -0.25) is 9.98 Å². The molecule has 0 radical (unpaired) electrons. The first-order valence-corrected chi connectivity index (χ1v) is 9.49. The molecule has 2 aromatic rings. The Morgan fingerprint density at radius 3 is 2.63 bits per heavy atom. The van der Waals surface area contributed by atoms with E-state index >= 15 is 0 Å². The summed E-state index contributed by atoms with van der Waals surface area (Å²) < 4.78 is 6.09. The molecule has 0 atom stereocenters. The fourth-order valence-corrected chi connectivity index (χ4v) is 3.14. The van der Waals surface area contributed by atoms with E-state index in [1.54, 1.807) is 6.20 Å². The van der Waals surface area contributed by atoms with Gasteiger partial charge in [0, 0.05) is 51.4 Å². The van der Waals surface area contributed by atoms with Gasteiger partial charge in [0.15, 0.2) is 5.96 Å². The molecule has 0 bridgehead atoms. The van der Waals surface area contributed by atoms with Crippen molar-refractivity contribution >= 4 is 29.9 Å². The number of nitrogens with one attached hydrogen (secondary N) is 1. The van der Waals surface area contributed by atoms with E-state index in [4.69, 9.17) is 9.73 Å². The van der Waals surface area contributed by atoms with Gasteiger partial charge in [0.1, 0.15) is 11.9 Å². The molecule has 1 saturated heterocycles. The number of hydrogen-bond donors (Lipinski definition) is 1. The second-order valence-corrected chi connectivity index (χ2v) is 6.46. The number of ether oxygens (including phenoxy) is 1. The van der Waals surface area contributed by atoms with E-state index in [0.29, 0.717) is 0 Å². The van der Waals surface area contributed by atoms with Crippen LogP contribution in [0.5, 0.6) is 5.75 Å². The van der Waals surface area contributed by atoms with E-state index in [9.17, 15) is 0 Å². The van der Waals surface area contributed by atoms with Gasteiger partial charge < -0.3 is 15.0 Å². The van der Waals surface area contributed by atoms with Crippen LogP contribution in [0.1, 0.15) is 25.3 Å². The number of guanidine groups is 1. The summed E-state index contributed by atoms with van der Waals surface area (Å²) in [5, 5.41) is 3.42. The van der Waals surface area contributed by atoms with Crippen molar-refractivity contribution in [2.75, 3.05) is 26.2 Å². The zero-order valence-electron chi connectivity index (χ0n) is 15.9. The van der Waals surface area contributed by atoms with Crippen LogP contribution in [0.4, 0.5) is 0 Å². The number of aromatic nitrogens is 1. The van der Waals surface area contributed by atoms with Gasteiger partial charge >= 0.3 is 0 Å². The summed E-state index contributed by atoms with van der Waals surface area (Å²) in [6.07, 6.45) is 6.94. The Labute approximate surface area is 179 Å². The molecule has 1 aromatic carbocycles. The average Bonchev–Trinajstić information content (AvgIpc) is 2.70. The molecular weight excluding hydrogens is 451 g/mol. The van der Waals surface area contributed by atoms with Crippen molar-refractivity contribution in [3.05, 3.63) is 60.4 Å². The molecule has 1 N–H and O–H groups in total. The van der Waals surface area contributed by atoms with Crippen molar-refractivity contribution in [3.8, 4) is 5.75 Å². The Kier molecular flexibility index (Phi) is 9.38. The summed E-state index contributed by atoms with van der Waals surface area (Å²) in [7, 11) is 0.